The maximum atomic E-state index is 2.31. The van der Waals surface area contributed by atoms with E-state index in [-0.39, 0.29) is 5.48 Å². The van der Waals surface area contributed by atoms with Gasteiger partial charge in [-0.15, -0.1) is 23.1 Å². The van der Waals surface area contributed by atoms with Crippen LogP contribution in [0.1, 0.15) is 55.4 Å². The molecule has 0 aliphatic rings. The SMILES string of the molecule is CC(C)[CH2][Al+][CH2]C(C)C.CC(C)[CH2][Al+][CH2]C(C)C.[CH3][Al][CH3].[CH3][Al][CH3].[O-2]. The minimum Gasteiger partial charge on any atom is -2.00 e. The first-order valence-electron chi connectivity index (χ1n) is 10.2. The molecule has 0 aromatic heterocycles. The molecule has 0 saturated carbocycles. The fourth-order valence-electron chi connectivity index (χ4n) is 1.53. The Hall–Kier alpha value is 2.09. The molecule has 146 valence electrons. The second-order valence-corrected chi connectivity index (χ2v) is 13.6. The van der Waals surface area contributed by atoms with Crippen LogP contribution in [0.3, 0.4) is 0 Å². The molecule has 0 aliphatic heterocycles. The molecule has 25 heavy (non-hydrogen) atoms. The van der Waals surface area contributed by atoms with Gasteiger partial charge in [-0.3, -0.25) is 0 Å². The molecular formula is C20H48Al4O. The molecule has 0 bridgehead atoms. The van der Waals surface area contributed by atoms with E-state index in [9.17, 15) is 0 Å². The van der Waals surface area contributed by atoms with Crippen LogP contribution in [0.2, 0.25) is 44.3 Å². The fraction of sp³-hybridized carbons (Fsp3) is 1.00. The van der Waals surface area contributed by atoms with Crippen molar-refractivity contribution in [2.45, 2.75) is 99.7 Å². The van der Waals surface area contributed by atoms with Crippen LogP contribution in [0.4, 0.5) is 0 Å². The summed E-state index contributed by atoms with van der Waals surface area (Å²) in [4.78, 5) is 0. The van der Waals surface area contributed by atoms with Crippen LogP contribution in [0.15, 0.2) is 0 Å². The molecule has 0 heterocycles. The zero-order valence-electron chi connectivity index (χ0n) is 19.9. The van der Waals surface area contributed by atoms with Crippen LogP contribution in [0.25, 0.3) is 0 Å². The molecule has 1 nitrogen and oxygen atoms in total. The summed E-state index contributed by atoms with van der Waals surface area (Å²) in [6.07, 6.45) is 0. The van der Waals surface area contributed by atoms with Crippen molar-refractivity contribution >= 4 is 60.9 Å². The average Bonchev–Trinajstić information content (AvgIpc) is 2.39. The number of rotatable bonds is 8. The third-order valence-corrected chi connectivity index (χ3v) is 7.66. The molecule has 0 unspecified atom stereocenters. The number of hydrogen-bond donors (Lipinski definition) is 0. The van der Waals surface area contributed by atoms with Crippen LogP contribution >= 0.6 is 0 Å². The average molecular weight is 413 g/mol. The topological polar surface area (TPSA) is 28.5 Å². The summed E-state index contributed by atoms with van der Waals surface area (Å²) in [5.41, 5.74) is 0. The summed E-state index contributed by atoms with van der Waals surface area (Å²) in [5.74, 6) is 12.6. The van der Waals surface area contributed by atoms with Gasteiger partial charge in [-0.25, -0.2) is 0 Å². The number of hydrogen-bond acceptors (Lipinski definition) is 0. The summed E-state index contributed by atoms with van der Waals surface area (Å²) in [6, 6.07) is 0. The molecule has 0 fully saturated rings. The Morgan fingerprint density at radius 1 is 0.480 bits per heavy atom. The van der Waals surface area contributed by atoms with E-state index >= 15 is 0 Å². The molecule has 0 amide bonds. The normalized spacial score (nSPS) is 8.64. The summed E-state index contributed by atoms with van der Waals surface area (Å²) in [6.45, 7) is 18.5. The zero-order chi connectivity index (χ0) is 20.0. The van der Waals surface area contributed by atoms with E-state index < -0.39 is 0 Å². The van der Waals surface area contributed by atoms with Crippen molar-refractivity contribution < 1.29 is 5.48 Å². The molecule has 5 heteroatoms. The van der Waals surface area contributed by atoms with Crippen molar-refractivity contribution in [3.05, 3.63) is 0 Å². The van der Waals surface area contributed by atoms with E-state index in [1.807, 2.05) is 0 Å². The molecule has 0 atom stereocenters. The van der Waals surface area contributed by atoms with Crippen LogP contribution in [0.5, 0.6) is 0 Å². The van der Waals surface area contributed by atoms with Gasteiger partial charge in [0.15, 0.2) is 30.4 Å². The van der Waals surface area contributed by atoms with E-state index in [1.165, 1.54) is 21.1 Å². The van der Waals surface area contributed by atoms with Gasteiger partial charge in [-0.1, -0.05) is 0 Å². The Labute approximate surface area is 188 Å². The maximum Gasteiger partial charge on any atom is 0.191 e. The van der Waals surface area contributed by atoms with Gasteiger partial charge in [0.05, 0.1) is 0 Å². The minimum absolute atomic E-state index is 0. The van der Waals surface area contributed by atoms with Gasteiger partial charge in [0, 0.05) is 0 Å². The Morgan fingerprint density at radius 3 is 0.680 bits per heavy atom. The molecule has 0 saturated heterocycles. The molecule has 0 N–H and O–H groups in total. The molecule has 0 aromatic rings. The fourth-order valence-corrected chi connectivity index (χ4v) is 4.58. The monoisotopic (exact) mass is 412 g/mol. The van der Waals surface area contributed by atoms with Crippen molar-refractivity contribution in [3.8, 4) is 0 Å². The quantitative estimate of drug-likeness (QED) is 0.379. The van der Waals surface area contributed by atoms with Crippen LogP contribution in [-0.4, -0.2) is 60.9 Å². The maximum absolute atomic E-state index is 2.31. The first-order valence-corrected chi connectivity index (χ1v) is 18.1. The third-order valence-electron chi connectivity index (χ3n) is 2.55. The standard InChI is InChI=1S/4C4H9.4CH3.4Al.O/c4*1-4(2)3;;;;;;;;;/h4*4H,1H2,2-3H3;4*1H3;;;;;/q;;;;;;;;;;2*+1;-2. The zero-order valence-corrected chi connectivity index (χ0v) is 24.5. The molecule has 0 aromatic carbocycles. The van der Waals surface area contributed by atoms with Crippen molar-refractivity contribution in [2.24, 2.45) is 23.7 Å². The predicted octanol–water partition coefficient (Wildman–Crippen LogP) is 7.13. The van der Waals surface area contributed by atoms with Gasteiger partial charge < -0.3 is 5.48 Å². The summed E-state index contributed by atoms with van der Waals surface area (Å²) in [7, 11) is 0. The Kier molecular flexibility index (Phi) is 50.9. The van der Waals surface area contributed by atoms with E-state index in [0.29, 0.717) is 0 Å². The van der Waals surface area contributed by atoms with Crippen LogP contribution < -0.4 is 0 Å². The second kappa shape index (κ2) is 33.7. The van der Waals surface area contributed by atoms with Gasteiger partial charge in [0.1, 0.15) is 0 Å². The van der Waals surface area contributed by atoms with Crippen molar-refractivity contribution in [1.82, 2.24) is 0 Å². The molecule has 0 spiro atoms. The predicted molar refractivity (Wildman–Crippen MR) is 126 cm³/mol. The first kappa shape index (κ1) is 37.8. The van der Waals surface area contributed by atoms with Gasteiger partial charge in [-0.05, 0) is 0 Å². The third kappa shape index (κ3) is 76.3. The van der Waals surface area contributed by atoms with Crippen molar-refractivity contribution in [1.29, 1.82) is 0 Å². The second-order valence-electron chi connectivity index (χ2n) is 8.25. The van der Waals surface area contributed by atoms with Gasteiger partial charge >= 0.3 is 131 Å². The van der Waals surface area contributed by atoms with E-state index in [0.717, 1.165) is 84.5 Å². The molecule has 0 rings (SSSR count). The Bertz CT molecular complexity index is 151. The largest absolute Gasteiger partial charge is 2.00 e. The first-order chi connectivity index (χ1) is 11.1. The van der Waals surface area contributed by atoms with Crippen molar-refractivity contribution in [2.75, 3.05) is 0 Å². The smallest absolute Gasteiger partial charge is 0.191 e. The van der Waals surface area contributed by atoms with Gasteiger partial charge in [-0.2, -0.15) is 0 Å². The molecule has 0 aliphatic carbocycles. The summed E-state index contributed by atoms with van der Waals surface area (Å²) < 4.78 is 0. The van der Waals surface area contributed by atoms with Crippen LogP contribution in [0, 0.1) is 23.7 Å². The summed E-state index contributed by atoms with van der Waals surface area (Å²) >= 11 is 3.01. The van der Waals surface area contributed by atoms with E-state index in [1.54, 1.807) is 0 Å². The van der Waals surface area contributed by atoms with Crippen molar-refractivity contribution in [3.63, 3.8) is 0 Å². The van der Waals surface area contributed by atoms with Gasteiger partial charge in [0.2, 0.25) is 0 Å². The van der Waals surface area contributed by atoms with Gasteiger partial charge in [0.25, 0.3) is 0 Å². The summed E-state index contributed by atoms with van der Waals surface area (Å²) in [5, 5.41) is 5.94. The Morgan fingerprint density at radius 2 is 0.600 bits per heavy atom. The van der Waals surface area contributed by atoms with E-state index in [2.05, 4.69) is 78.5 Å². The Balaban J connectivity index is -0.0000000788. The van der Waals surface area contributed by atoms with Crippen LogP contribution in [-0.2, 0) is 5.48 Å². The van der Waals surface area contributed by atoms with E-state index in [4.69, 9.17) is 0 Å². The molecule has 2 radical (unpaired) electrons. The molecular weight excluding hydrogens is 364 g/mol. The minimum atomic E-state index is 0.